The molecule has 1 aromatic carbocycles. The first-order chi connectivity index (χ1) is 9.10. The van der Waals surface area contributed by atoms with Crippen molar-refractivity contribution in [3.63, 3.8) is 0 Å². The topological polar surface area (TPSA) is 24.9 Å². The smallest absolute Gasteiger partial charge is 0.159 e. The number of hydrogen-bond acceptors (Lipinski definition) is 2. The molecule has 0 saturated carbocycles. The lowest BCUT2D eigenvalue weighted by Gasteiger charge is -2.15. The molecule has 2 aromatic rings. The quantitative estimate of drug-likeness (QED) is 0.920. The Balaban J connectivity index is 2.18. The Labute approximate surface area is 109 Å². The zero-order chi connectivity index (χ0) is 13.8. The molecule has 1 atom stereocenters. The van der Waals surface area contributed by atoms with Crippen LogP contribution in [0.2, 0.25) is 0 Å². The van der Waals surface area contributed by atoms with Gasteiger partial charge in [-0.2, -0.15) is 0 Å². The second-order valence-electron chi connectivity index (χ2n) is 4.20. The van der Waals surface area contributed by atoms with Gasteiger partial charge < -0.3 is 5.32 Å². The molecule has 100 valence electrons. The molecule has 0 radical (unpaired) electrons. The van der Waals surface area contributed by atoms with Gasteiger partial charge in [0.15, 0.2) is 11.6 Å². The molecule has 1 unspecified atom stereocenters. The average molecular weight is 266 g/mol. The molecular weight excluding hydrogens is 253 g/mol. The van der Waals surface area contributed by atoms with Crippen LogP contribution in [0.25, 0.3) is 0 Å². The lowest BCUT2D eigenvalue weighted by Crippen LogP contribution is -2.20. The van der Waals surface area contributed by atoms with Crippen molar-refractivity contribution in [1.82, 2.24) is 10.3 Å². The minimum Gasteiger partial charge on any atom is -0.311 e. The zero-order valence-corrected chi connectivity index (χ0v) is 10.3. The largest absolute Gasteiger partial charge is 0.311 e. The maximum Gasteiger partial charge on any atom is 0.159 e. The fourth-order valence-corrected chi connectivity index (χ4v) is 1.85. The van der Waals surface area contributed by atoms with Crippen molar-refractivity contribution >= 4 is 0 Å². The second-order valence-corrected chi connectivity index (χ2v) is 4.20. The first kappa shape index (κ1) is 13.5. The Morgan fingerprint density at radius 3 is 2.47 bits per heavy atom. The van der Waals surface area contributed by atoms with Crippen LogP contribution in [0.15, 0.2) is 36.5 Å². The molecule has 0 amide bonds. The Morgan fingerprint density at radius 2 is 1.89 bits per heavy atom. The van der Waals surface area contributed by atoms with E-state index in [1.54, 1.807) is 13.1 Å². The van der Waals surface area contributed by atoms with Gasteiger partial charge in [-0.25, -0.2) is 13.2 Å². The molecule has 2 nitrogen and oxygen atoms in total. The van der Waals surface area contributed by atoms with Gasteiger partial charge in [0.2, 0.25) is 0 Å². The molecule has 19 heavy (non-hydrogen) atoms. The van der Waals surface area contributed by atoms with E-state index in [9.17, 15) is 13.2 Å². The van der Waals surface area contributed by atoms with Gasteiger partial charge in [0.1, 0.15) is 5.82 Å². The van der Waals surface area contributed by atoms with Gasteiger partial charge >= 0.3 is 0 Å². The lowest BCUT2D eigenvalue weighted by molar-refractivity contribution is 0.503. The van der Waals surface area contributed by atoms with Crippen LogP contribution in [-0.4, -0.2) is 12.0 Å². The second kappa shape index (κ2) is 5.84. The highest BCUT2D eigenvalue weighted by Gasteiger charge is 2.13. The van der Waals surface area contributed by atoms with Crippen LogP contribution < -0.4 is 5.32 Å². The minimum absolute atomic E-state index is 0.189. The molecule has 0 aliphatic heterocycles. The summed E-state index contributed by atoms with van der Waals surface area (Å²) in [5.74, 6) is -2.16. The predicted octanol–water partition coefficient (Wildman–Crippen LogP) is 3.00. The summed E-state index contributed by atoms with van der Waals surface area (Å²) in [6.45, 7) is 0. The van der Waals surface area contributed by atoms with Crippen LogP contribution in [0.5, 0.6) is 0 Å². The van der Waals surface area contributed by atoms with E-state index in [1.165, 1.54) is 12.1 Å². The zero-order valence-electron chi connectivity index (χ0n) is 10.3. The highest BCUT2D eigenvalue weighted by atomic mass is 19.2. The monoisotopic (exact) mass is 266 g/mol. The Morgan fingerprint density at radius 1 is 1.11 bits per heavy atom. The molecular formula is C14H13F3N2. The first-order valence-electron chi connectivity index (χ1n) is 5.83. The number of benzene rings is 1. The molecule has 1 heterocycles. The standard InChI is InChI=1S/C14H13F3N2/c1-18-14(13-5-3-10(15)8-19-13)7-9-2-4-11(16)12(17)6-9/h2-6,8,14,18H,7H2,1H3. The summed E-state index contributed by atoms with van der Waals surface area (Å²) >= 11 is 0. The molecule has 2 rings (SSSR count). The minimum atomic E-state index is -0.876. The van der Waals surface area contributed by atoms with Crippen LogP contribution in [-0.2, 0) is 6.42 Å². The summed E-state index contributed by atoms with van der Waals surface area (Å²) in [5, 5.41) is 3.02. The van der Waals surface area contributed by atoms with Crippen molar-refractivity contribution in [2.24, 2.45) is 0 Å². The van der Waals surface area contributed by atoms with Crippen molar-refractivity contribution in [3.8, 4) is 0 Å². The van der Waals surface area contributed by atoms with Crippen molar-refractivity contribution in [2.45, 2.75) is 12.5 Å². The summed E-state index contributed by atoms with van der Waals surface area (Å²) in [6, 6.07) is 6.46. The maximum absolute atomic E-state index is 13.1. The third kappa shape index (κ3) is 3.32. The van der Waals surface area contributed by atoms with E-state index in [2.05, 4.69) is 10.3 Å². The Kier molecular flexibility index (Phi) is 4.16. The lowest BCUT2D eigenvalue weighted by atomic mass is 10.0. The number of likely N-dealkylation sites (N-methyl/N-ethyl adjacent to an activating group) is 1. The summed E-state index contributed by atoms with van der Waals surface area (Å²) in [4.78, 5) is 3.98. The molecule has 0 fully saturated rings. The van der Waals surface area contributed by atoms with Gasteiger partial charge in [0.05, 0.1) is 17.9 Å². The van der Waals surface area contributed by atoms with Crippen LogP contribution >= 0.6 is 0 Å². The van der Waals surface area contributed by atoms with Gasteiger partial charge in [-0.15, -0.1) is 0 Å². The first-order valence-corrected chi connectivity index (χ1v) is 5.83. The molecule has 5 heteroatoms. The predicted molar refractivity (Wildman–Crippen MR) is 66.1 cm³/mol. The van der Waals surface area contributed by atoms with E-state index in [4.69, 9.17) is 0 Å². The molecule has 1 N–H and O–H groups in total. The molecule has 0 bridgehead atoms. The molecule has 0 saturated heterocycles. The van der Waals surface area contributed by atoms with E-state index in [1.807, 2.05) is 0 Å². The van der Waals surface area contributed by atoms with E-state index in [-0.39, 0.29) is 6.04 Å². The number of aromatic nitrogens is 1. The van der Waals surface area contributed by atoms with Crippen molar-refractivity contribution in [2.75, 3.05) is 7.05 Å². The van der Waals surface area contributed by atoms with Crippen molar-refractivity contribution in [3.05, 3.63) is 65.2 Å². The van der Waals surface area contributed by atoms with Crippen LogP contribution in [0, 0.1) is 17.5 Å². The fraction of sp³-hybridized carbons (Fsp3) is 0.214. The van der Waals surface area contributed by atoms with Gasteiger partial charge in [0, 0.05) is 0 Å². The van der Waals surface area contributed by atoms with Gasteiger partial charge in [-0.3, -0.25) is 4.98 Å². The SMILES string of the molecule is CNC(Cc1ccc(F)c(F)c1)c1ccc(F)cn1. The molecule has 0 aliphatic carbocycles. The van der Waals surface area contributed by atoms with E-state index in [0.29, 0.717) is 17.7 Å². The van der Waals surface area contributed by atoms with Gasteiger partial charge in [0.25, 0.3) is 0 Å². The third-order valence-electron chi connectivity index (χ3n) is 2.88. The number of nitrogens with one attached hydrogen (secondary N) is 1. The van der Waals surface area contributed by atoms with Crippen LogP contribution in [0.3, 0.4) is 0 Å². The summed E-state index contributed by atoms with van der Waals surface area (Å²) in [6.07, 6.45) is 1.57. The summed E-state index contributed by atoms with van der Waals surface area (Å²) in [5.41, 5.74) is 1.29. The van der Waals surface area contributed by atoms with E-state index >= 15 is 0 Å². The number of pyridine rings is 1. The summed E-state index contributed by atoms with van der Waals surface area (Å²) in [7, 11) is 1.73. The average Bonchev–Trinajstić information content (AvgIpc) is 2.41. The normalized spacial score (nSPS) is 12.4. The molecule has 1 aromatic heterocycles. The fourth-order valence-electron chi connectivity index (χ4n) is 1.85. The van der Waals surface area contributed by atoms with Gasteiger partial charge in [-0.1, -0.05) is 6.07 Å². The highest BCUT2D eigenvalue weighted by Crippen LogP contribution is 2.18. The molecule has 0 spiro atoms. The van der Waals surface area contributed by atoms with E-state index in [0.717, 1.165) is 18.3 Å². The Hall–Kier alpha value is -1.88. The Bertz CT molecular complexity index is 555. The number of hydrogen-bond donors (Lipinski definition) is 1. The maximum atomic E-state index is 13.1. The highest BCUT2D eigenvalue weighted by molar-refractivity contribution is 5.21. The molecule has 0 aliphatic rings. The van der Waals surface area contributed by atoms with Crippen molar-refractivity contribution < 1.29 is 13.2 Å². The third-order valence-corrected chi connectivity index (χ3v) is 2.88. The van der Waals surface area contributed by atoms with E-state index < -0.39 is 17.5 Å². The van der Waals surface area contributed by atoms with Crippen molar-refractivity contribution in [1.29, 1.82) is 0 Å². The van der Waals surface area contributed by atoms with Crippen LogP contribution in [0.1, 0.15) is 17.3 Å². The van der Waals surface area contributed by atoms with Crippen LogP contribution in [0.4, 0.5) is 13.2 Å². The number of halogens is 3. The summed E-state index contributed by atoms with van der Waals surface area (Å²) < 4.78 is 38.8. The number of nitrogens with zero attached hydrogens (tertiary/aromatic N) is 1. The number of rotatable bonds is 4. The van der Waals surface area contributed by atoms with Gasteiger partial charge in [-0.05, 0) is 43.3 Å².